The van der Waals surface area contributed by atoms with Gasteiger partial charge in [-0.3, -0.25) is 9.59 Å². The number of likely N-dealkylation sites (tertiary alicyclic amines) is 1. The van der Waals surface area contributed by atoms with Gasteiger partial charge < -0.3 is 20.8 Å². The van der Waals surface area contributed by atoms with Gasteiger partial charge >= 0.3 is 0 Å². The van der Waals surface area contributed by atoms with Crippen molar-refractivity contribution in [3.05, 3.63) is 0 Å². The third-order valence-corrected chi connectivity index (χ3v) is 3.49. The van der Waals surface area contributed by atoms with Crippen LogP contribution in [0.25, 0.3) is 0 Å². The standard InChI is InChI=1S/C12H22N2O4/c1-7(9(16)3-5-13)12(18)14-6-4-10(17)11(14)8(2)15/h7,9-11,16-17H,3-6,13H2,1-2H3/t7?,9-,10+,11?/m1/s1. The maximum atomic E-state index is 12.2. The van der Waals surface area contributed by atoms with E-state index in [0.29, 0.717) is 25.9 Å². The summed E-state index contributed by atoms with van der Waals surface area (Å²) in [6.07, 6.45) is -0.873. The number of carbonyl (C=O) groups is 2. The Bertz CT molecular complexity index is 321. The molecule has 0 aliphatic carbocycles. The molecule has 1 fully saturated rings. The minimum Gasteiger partial charge on any atom is -0.392 e. The van der Waals surface area contributed by atoms with Crippen molar-refractivity contribution in [2.45, 2.75) is 44.9 Å². The number of nitrogens with zero attached hydrogens (tertiary/aromatic N) is 1. The van der Waals surface area contributed by atoms with Gasteiger partial charge in [-0.15, -0.1) is 0 Å². The van der Waals surface area contributed by atoms with E-state index in [1.165, 1.54) is 11.8 Å². The third-order valence-electron chi connectivity index (χ3n) is 3.49. The molecule has 1 saturated heterocycles. The number of aliphatic hydroxyl groups excluding tert-OH is 2. The zero-order valence-corrected chi connectivity index (χ0v) is 10.9. The van der Waals surface area contributed by atoms with Crippen LogP contribution < -0.4 is 5.73 Å². The van der Waals surface area contributed by atoms with E-state index in [9.17, 15) is 19.8 Å². The first-order valence-electron chi connectivity index (χ1n) is 6.27. The van der Waals surface area contributed by atoms with Gasteiger partial charge in [0.2, 0.25) is 5.91 Å². The maximum absolute atomic E-state index is 12.2. The topological polar surface area (TPSA) is 104 Å². The SMILES string of the molecule is CC(=O)C1[C@@H](O)CCN1C(=O)C(C)[C@H](O)CCN. The first kappa shape index (κ1) is 15.1. The molecule has 6 nitrogen and oxygen atoms in total. The number of carbonyl (C=O) groups excluding carboxylic acids is 2. The van der Waals surface area contributed by atoms with Gasteiger partial charge in [0.25, 0.3) is 0 Å². The van der Waals surface area contributed by atoms with Gasteiger partial charge in [0.05, 0.1) is 18.1 Å². The molecule has 0 aromatic heterocycles. The van der Waals surface area contributed by atoms with Crippen LogP contribution in [0, 0.1) is 5.92 Å². The average molecular weight is 258 g/mol. The van der Waals surface area contributed by atoms with Crippen LogP contribution in [0.4, 0.5) is 0 Å². The molecule has 1 amide bonds. The van der Waals surface area contributed by atoms with Crippen molar-refractivity contribution in [3.8, 4) is 0 Å². The summed E-state index contributed by atoms with van der Waals surface area (Å²) in [5.74, 6) is -1.14. The molecule has 0 saturated carbocycles. The minimum atomic E-state index is -0.812. The van der Waals surface area contributed by atoms with E-state index in [1.807, 2.05) is 0 Å². The van der Waals surface area contributed by atoms with Crippen molar-refractivity contribution in [2.24, 2.45) is 11.7 Å². The first-order valence-corrected chi connectivity index (χ1v) is 6.27. The molecule has 0 aromatic carbocycles. The average Bonchev–Trinajstić information content (AvgIpc) is 2.69. The third kappa shape index (κ3) is 3.07. The van der Waals surface area contributed by atoms with Crippen molar-refractivity contribution in [2.75, 3.05) is 13.1 Å². The van der Waals surface area contributed by atoms with Crippen molar-refractivity contribution in [1.82, 2.24) is 4.90 Å². The molecule has 4 N–H and O–H groups in total. The summed E-state index contributed by atoms with van der Waals surface area (Å²) in [4.78, 5) is 25.0. The molecule has 0 aromatic rings. The highest BCUT2D eigenvalue weighted by molar-refractivity contribution is 5.89. The first-order chi connectivity index (χ1) is 8.40. The molecule has 0 spiro atoms. The molecular formula is C12H22N2O4. The molecule has 1 heterocycles. The summed E-state index contributed by atoms with van der Waals surface area (Å²) < 4.78 is 0. The summed E-state index contributed by atoms with van der Waals surface area (Å²) in [7, 11) is 0. The van der Waals surface area contributed by atoms with E-state index >= 15 is 0 Å². The molecule has 1 rings (SSSR count). The lowest BCUT2D eigenvalue weighted by Gasteiger charge is -2.28. The van der Waals surface area contributed by atoms with Crippen LogP contribution in [0.3, 0.4) is 0 Å². The van der Waals surface area contributed by atoms with Crippen molar-refractivity contribution in [1.29, 1.82) is 0 Å². The van der Waals surface area contributed by atoms with E-state index < -0.39 is 24.2 Å². The highest BCUT2D eigenvalue weighted by Gasteiger charge is 2.41. The molecule has 0 bridgehead atoms. The number of amides is 1. The van der Waals surface area contributed by atoms with Crippen molar-refractivity contribution in [3.63, 3.8) is 0 Å². The van der Waals surface area contributed by atoms with Crippen molar-refractivity contribution < 1.29 is 19.8 Å². The second-order valence-corrected chi connectivity index (χ2v) is 4.88. The summed E-state index contributed by atoms with van der Waals surface area (Å²) in [6, 6.07) is -0.773. The predicted octanol–water partition coefficient (Wildman–Crippen LogP) is -1.12. The summed E-state index contributed by atoms with van der Waals surface area (Å²) >= 11 is 0. The lowest BCUT2D eigenvalue weighted by molar-refractivity contribution is -0.144. The zero-order chi connectivity index (χ0) is 13.9. The second kappa shape index (κ2) is 6.26. The fraction of sp³-hybridized carbons (Fsp3) is 0.833. The van der Waals surface area contributed by atoms with Gasteiger partial charge in [0.15, 0.2) is 5.78 Å². The van der Waals surface area contributed by atoms with Gasteiger partial charge in [-0.2, -0.15) is 0 Å². The lowest BCUT2D eigenvalue weighted by atomic mass is 9.99. The molecule has 18 heavy (non-hydrogen) atoms. The number of aliphatic hydroxyl groups is 2. The predicted molar refractivity (Wildman–Crippen MR) is 65.6 cm³/mol. The Hall–Kier alpha value is -0.980. The van der Waals surface area contributed by atoms with Crippen LogP contribution in [0.15, 0.2) is 0 Å². The quantitative estimate of drug-likeness (QED) is 0.579. The highest BCUT2D eigenvalue weighted by atomic mass is 16.3. The van der Waals surface area contributed by atoms with E-state index in [4.69, 9.17) is 5.73 Å². The summed E-state index contributed by atoms with van der Waals surface area (Å²) in [5.41, 5.74) is 5.34. The molecule has 2 unspecified atom stereocenters. The second-order valence-electron chi connectivity index (χ2n) is 4.88. The van der Waals surface area contributed by atoms with Crippen LogP contribution >= 0.6 is 0 Å². The number of hydrogen-bond donors (Lipinski definition) is 3. The normalized spacial score (nSPS) is 27.1. The Morgan fingerprint density at radius 3 is 2.61 bits per heavy atom. The molecule has 4 atom stereocenters. The van der Waals surface area contributed by atoms with Crippen molar-refractivity contribution >= 4 is 11.7 Å². The van der Waals surface area contributed by atoms with Gasteiger partial charge in [-0.25, -0.2) is 0 Å². The fourth-order valence-corrected chi connectivity index (χ4v) is 2.36. The van der Waals surface area contributed by atoms with E-state index in [2.05, 4.69) is 0 Å². The number of Topliss-reactive ketones (excluding diaryl/α,β-unsaturated/α-hetero) is 1. The van der Waals surface area contributed by atoms with Crippen LogP contribution in [0.5, 0.6) is 0 Å². The Kier molecular flexibility index (Phi) is 5.25. The van der Waals surface area contributed by atoms with E-state index in [0.717, 1.165) is 0 Å². The van der Waals surface area contributed by atoms with Gasteiger partial charge in [0.1, 0.15) is 6.04 Å². The maximum Gasteiger partial charge on any atom is 0.228 e. The van der Waals surface area contributed by atoms with Gasteiger partial charge in [0, 0.05) is 6.54 Å². The van der Waals surface area contributed by atoms with Crippen LogP contribution in [0.1, 0.15) is 26.7 Å². The van der Waals surface area contributed by atoms with E-state index in [1.54, 1.807) is 6.92 Å². The number of ketones is 1. The lowest BCUT2D eigenvalue weighted by Crippen LogP contribution is -2.48. The molecule has 1 aliphatic heterocycles. The van der Waals surface area contributed by atoms with Gasteiger partial charge in [-0.1, -0.05) is 6.92 Å². The smallest absolute Gasteiger partial charge is 0.228 e. The van der Waals surface area contributed by atoms with E-state index in [-0.39, 0.29) is 11.7 Å². The highest BCUT2D eigenvalue weighted by Crippen LogP contribution is 2.22. The minimum absolute atomic E-state index is 0.228. The number of nitrogens with two attached hydrogens (primary N) is 1. The monoisotopic (exact) mass is 258 g/mol. The summed E-state index contributed by atoms with van der Waals surface area (Å²) in [5, 5.41) is 19.5. The van der Waals surface area contributed by atoms with Crippen LogP contribution in [-0.2, 0) is 9.59 Å². The Morgan fingerprint density at radius 2 is 2.11 bits per heavy atom. The molecule has 104 valence electrons. The zero-order valence-electron chi connectivity index (χ0n) is 10.9. The van der Waals surface area contributed by atoms with Crippen LogP contribution in [-0.4, -0.2) is 58.1 Å². The largest absolute Gasteiger partial charge is 0.392 e. The Morgan fingerprint density at radius 1 is 1.50 bits per heavy atom. The molecule has 1 aliphatic rings. The number of rotatable bonds is 5. The number of hydrogen-bond acceptors (Lipinski definition) is 5. The molecule has 0 radical (unpaired) electrons. The van der Waals surface area contributed by atoms with Crippen LogP contribution in [0.2, 0.25) is 0 Å². The fourth-order valence-electron chi connectivity index (χ4n) is 2.36. The Balaban J connectivity index is 2.74. The Labute approximate surface area is 107 Å². The van der Waals surface area contributed by atoms with Gasteiger partial charge in [-0.05, 0) is 26.3 Å². The molecular weight excluding hydrogens is 236 g/mol. The summed E-state index contributed by atoms with van der Waals surface area (Å²) in [6.45, 7) is 3.63. The molecule has 6 heteroatoms.